The zero-order valence-corrected chi connectivity index (χ0v) is 15.1. The van der Waals surface area contributed by atoms with Crippen molar-refractivity contribution in [2.45, 2.75) is 57.2 Å². The number of nitrogens with one attached hydrogen (secondary N) is 1. The highest BCUT2D eigenvalue weighted by molar-refractivity contribution is 6.06. The van der Waals surface area contributed by atoms with E-state index in [1.54, 1.807) is 13.8 Å². The minimum absolute atomic E-state index is 0.183. The third-order valence-corrected chi connectivity index (χ3v) is 5.23. The summed E-state index contributed by atoms with van der Waals surface area (Å²) in [5, 5.41) is 2.91. The van der Waals surface area contributed by atoms with Gasteiger partial charge in [0.15, 0.2) is 5.60 Å². The molecule has 0 radical (unpaired) electrons. The van der Waals surface area contributed by atoms with Gasteiger partial charge in [-0.15, -0.1) is 0 Å². The molecule has 26 heavy (non-hydrogen) atoms. The number of guanidine groups is 2. The van der Waals surface area contributed by atoms with Crippen molar-refractivity contribution in [3.05, 3.63) is 18.2 Å². The first-order chi connectivity index (χ1) is 12.3. The standard InChI is InChI=1S/C18H24N6O2/c1-17(2)14(25)21-12-10-11(6-7-13(12)26-17)24-16(20)22-15(19)23-18(24)8-4-3-5-9-18/h6-7,10H,3-5,8-9H2,1-2H3,(H,21,25)(H4,19,20,22,23). The van der Waals surface area contributed by atoms with Gasteiger partial charge in [-0.05, 0) is 57.7 Å². The number of fused-ring (bicyclic) bond motifs is 1. The number of ether oxygens (including phenoxy) is 1. The van der Waals surface area contributed by atoms with Crippen LogP contribution < -0.4 is 26.4 Å². The van der Waals surface area contributed by atoms with Crippen LogP contribution >= 0.6 is 0 Å². The first-order valence-corrected chi connectivity index (χ1v) is 8.95. The highest BCUT2D eigenvalue weighted by Gasteiger charge is 2.43. The highest BCUT2D eigenvalue weighted by atomic mass is 16.5. The maximum absolute atomic E-state index is 12.2. The van der Waals surface area contributed by atoms with Crippen molar-refractivity contribution in [3.63, 3.8) is 0 Å². The third kappa shape index (κ3) is 2.56. The Kier molecular flexibility index (Phi) is 3.61. The van der Waals surface area contributed by atoms with Crippen molar-refractivity contribution in [2.75, 3.05) is 10.2 Å². The second-order valence-corrected chi connectivity index (χ2v) is 7.57. The lowest BCUT2D eigenvalue weighted by Crippen LogP contribution is -2.58. The number of rotatable bonds is 1. The number of carbonyl (C=O) groups is 1. The lowest BCUT2D eigenvalue weighted by atomic mass is 9.87. The molecule has 1 aromatic carbocycles. The number of nitrogens with zero attached hydrogens (tertiary/aromatic N) is 3. The van der Waals surface area contributed by atoms with Gasteiger partial charge in [-0.2, -0.15) is 4.99 Å². The van der Waals surface area contributed by atoms with Gasteiger partial charge >= 0.3 is 0 Å². The van der Waals surface area contributed by atoms with Crippen molar-refractivity contribution in [2.24, 2.45) is 21.5 Å². The molecule has 0 atom stereocenters. The van der Waals surface area contributed by atoms with E-state index in [4.69, 9.17) is 16.2 Å². The largest absolute Gasteiger partial charge is 0.476 e. The normalized spacial score (nSPS) is 23.5. The van der Waals surface area contributed by atoms with Crippen LogP contribution in [-0.4, -0.2) is 29.1 Å². The Hall–Kier alpha value is -2.77. The Labute approximate surface area is 152 Å². The molecule has 3 aliphatic rings. The molecule has 1 fully saturated rings. The maximum atomic E-state index is 12.2. The molecule has 0 bridgehead atoms. The highest BCUT2D eigenvalue weighted by Crippen LogP contribution is 2.42. The smallest absolute Gasteiger partial charge is 0.268 e. The zero-order valence-electron chi connectivity index (χ0n) is 15.1. The van der Waals surface area contributed by atoms with Gasteiger partial charge in [0.05, 0.1) is 5.69 Å². The number of aliphatic imine (C=N–C) groups is 2. The summed E-state index contributed by atoms with van der Waals surface area (Å²) in [6, 6.07) is 5.62. The lowest BCUT2D eigenvalue weighted by Gasteiger charge is -2.46. The zero-order chi connectivity index (χ0) is 18.5. The fraction of sp³-hybridized carbons (Fsp3) is 0.500. The maximum Gasteiger partial charge on any atom is 0.268 e. The van der Waals surface area contributed by atoms with E-state index in [9.17, 15) is 4.79 Å². The predicted molar refractivity (Wildman–Crippen MR) is 101 cm³/mol. The summed E-state index contributed by atoms with van der Waals surface area (Å²) < 4.78 is 5.82. The topological polar surface area (TPSA) is 118 Å². The molecule has 1 amide bonds. The quantitative estimate of drug-likeness (QED) is 0.710. The Morgan fingerprint density at radius 3 is 2.65 bits per heavy atom. The Morgan fingerprint density at radius 1 is 1.19 bits per heavy atom. The summed E-state index contributed by atoms with van der Waals surface area (Å²) in [5.74, 6) is 0.989. The number of benzene rings is 1. The molecule has 0 aromatic heterocycles. The van der Waals surface area contributed by atoms with Crippen LogP contribution in [0.25, 0.3) is 0 Å². The monoisotopic (exact) mass is 356 g/mol. The molecular weight excluding hydrogens is 332 g/mol. The fourth-order valence-corrected chi connectivity index (χ4v) is 3.93. The van der Waals surface area contributed by atoms with Gasteiger partial charge in [0.25, 0.3) is 5.91 Å². The molecular formula is C18H24N6O2. The number of nitrogens with two attached hydrogens (primary N) is 2. The van der Waals surface area contributed by atoms with Crippen molar-refractivity contribution in [1.82, 2.24) is 0 Å². The van der Waals surface area contributed by atoms with Gasteiger partial charge < -0.3 is 21.5 Å². The molecule has 8 heteroatoms. The van der Waals surface area contributed by atoms with Gasteiger partial charge in [-0.3, -0.25) is 9.69 Å². The molecule has 5 N–H and O–H groups in total. The van der Waals surface area contributed by atoms with Gasteiger partial charge in [-0.1, -0.05) is 6.42 Å². The number of hydrogen-bond donors (Lipinski definition) is 3. The number of amides is 1. The average Bonchev–Trinajstić information content (AvgIpc) is 2.56. The first kappa shape index (κ1) is 16.7. The van der Waals surface area contributed by atoms with Crippen LogP contribution in [-0.2, 0) is 4.79 Å². The van der Waals surface area contributed by atoms with Crippen molar-refractivity contribution < 1.29 is 9.53 Å². The first-order valence-electron chi connectivity index (χ1n) is 8.95. The van der Waals surface area contributed by atoms with E-state index in [-0.39, 0.29) is 11.9 Å². The molecule has 0 unspecified atom stereocenters. The minimum atomic E-state index is -0.899. The van der Waals surface area contributed by atoms with E-state index in [0.717, 1.165) is 31.4 Å². The van der Waals surface area contributed by atoms with E-state index in [1.807, 2.05) is 23.1 Å². The summed E-state index contributed by atoms with van der Waals surface area (Å²) in [6.07, 6.45) is 5.00. The molecule has 4 rings (SSSR count). The van der Waals surface area contributed by atoms with Crippen LogP contribution in [0.5, 0.6) is 5.75 Å². The fourth-order valence-electron chi connectivity index (χ4n) is 3.93. The molecule has 1 saturated carbocycles. The summed E-state index contributed by atoms with van der Waals surface area (Å²) >= 11 is 0. The molecule has 0 saturated heterocycles. The van der Waals surface area contributed by atoms with Gasteiger partial charge in [-0.25, -0.2) is 4.99 Å². The number of hydrogen-bond acceptors (Lipinski definition) is 7. The third-order valence-electron chi connectivity index (χ3n) is 5.23. The Morgan fingerprint density at radius 2 is 1.92 bits per heavy atom. The summed E-state index contributed by atoms with van der Waals surface area (Å²) in [7, 11) is 0. The molecule has 1 spiro atoms. The van der Waals surface area contributed by atoms with E-state index in [2.05, 4.69) is 15.3 Å². The molecule has 2 heterocycles. The van der Waals surface area contributed by atoms with Crippen LogP contribution in [0, 0.1) is 0 Å². The molecule has 138 valence electrons. The average molecular weight is 356 g/mol. The van der Waals surface area contributed by atoms with Crippen LogP contribution in [0.2, 0.25) is 0 Å². The molecule has 1 aromatic rings. The van der Waals surface area contributed by atoms with E-state index in [1.165, 1.54) is 6.42 Å². The lowest BCUT2D eigenvalue weighted by molar-refractivity contribution is -0.129. The Balaban J connectivity index is 1.76. The number of anilines is 2. The van der Waals surface area contributed by atoms with E-state index in [0.29, 0.717) is 17.4 Å². The van der Waals surface area contributed by atoms with Crippen LogP contribution in [0.1, 0.15) is 46.0 Å². The van der Waals surface area contributed by atoms with Crippen molar-refractivity contribution in [1.29, 1.82) is 0 Å². The summed E-state index contributed by atoms with van der Waals surface area (Å²) in [6.45, 7) is 3.48. The molecule has 1 aliphatic carbocycles. The van der Waals surface area contributed by atoms with Gasteiger partial charge in [0.2, 0.25) is 11.9 Å². The van der Waals surface area contributed by atoms with E-state index >= 15 is 0 Å². The van der Waals surface area contributed by atoms with Crippen LogP contribution in [0.3, 0.4) is 0 Å². The summed E-state index contributed by atoms with van der Waals surface area (Å²) in [5.41, 5.74) is 12.2. The van der Waals surface area contributed by atoms with E-state index < -0.39 is 11.3 Å². The predicted octanol–water partition coefficient (Wildman–Crippen LogP) is 1.91. The van der Waals surface area contributed by atoms with Gasteiger partial charge in [0.1, 0.15) is 11.4 Å². The van der Waals surface area contributed by atoms with Crippen LogP contribution in [0.4, 0.5) is 11.4 Å². The van der Waals surface area contributed by atoms with Crippen LogP contribution in [0.15, 0.2) is 28.2 Å². The molecule has 8 nitrogen and oxygen atoms in total. The van der Waals surface area contributed by atoms with Gasteiger partial charge in [0, 0.05) is 5.69 Å². The molecule has 2 aliphatic heterocycles. The van der Waals surface area contributed by atoms with Crippen molar-refractivity contribution in [3.8, 4) is 5.75 Å². The number of carbonyl (C=O) groups excluding carboxylic acids is 1. The second-order valence-electron chi connectivity index (χ2n) is 7.57. The SMILES string of the molecule is CC1(C)Oc2ccc(N3C(N)=NC(N)=NC34CCCCC4)cc2NC1=O. The summed E-state index contributed by atoms with van der Waals surface area (Å²) in [4.78, 5) is 23.0. The van der Waals surface area contributed by atoms with Crippen molar-refractivity contribution >= 4 is 29.2 Å². The Bertz CT molecular complexity index is 823. The minimum Gasteiger partial charge on any atom is -0.476 e. The second kappa shape index (κ2) is 5.62.